The Bertz CT molecular complexity index is 277. The molecule has 4 heteroatoms. The number of carbonyl (C=O) groups is 1. The summed E-state index contributed by atoms with van der Waals surface area (Å²) in [5, 5.41) is 13.1. The Balaban J connectivity index is 1.75. The van der Waals surface area contributed by atoms with Crippen molar-refractivity contribution in [2.45, 2.75) is 44.6 Å². The Kier molecular flexibility index (Phi) is 4.36. The van der Waals surface area contributed by atoms with Crippen LogP contribution in [0.1, 0.15) is 39.0 Å². The number of carbonyl (C=O) groups excluding carboxylic acids is 1. The zero-order chi connectivity index (χ0) is 12.3. The van der Waals surface area contributed by atoms with Crippen LogP contribution in [-0.4, -0.2) is 34.7 Å². The molecule has 17 heavy (non-hydrogen) atoms. The molecule has 1 aliphatic heterocycles. The SMILES string of the molecule is CC1CCCC(CNC(=O)C2(O)CCSC2)C1. The van der Waals surface area contributed by atoms with E-state index in [4.69, 9.17) is 0 Å². The minimum absolute atomic E-state index is 0.152. The van der Waals surface area contributed by atoms with Gasteiger partial charge in [-0.1, -0.05) is 19.8 Å². The minimum Gasteiger partial charge on any atom is -0.379 e. The second kappa shape index (κ2) is 5.61. The molecule has 1 saturated heterocycles. The second-order valence-electron chi connectivity index (χ2n) is 5.68. The maximum Gasteiger partial charge on any atom is 0.252 e. The summed E-state index contributed by atoms with van der Waals surface area (Å²) in [6, 6.07) is 0. The Hall–Kier alpha value is -0.220. The van der Waals surface area contributed by atoms with Gasteiger partial charge in [0.05, 0.1) is 0 Å². The first-order valence-corrected chi connectivity index (χ1v) is 7.84. The van der Waals surface area contributed by atoms with Crippen LogP contribution in [0.2, 0.25) is 0 Å². The number of hydrogen-bond acceptors (Lipinski definition) is 3. The van der Waals surface area contributed by atoms with Crippen molar-refractivity contribution in [2.75, 3.05) is 18.1 Å². The van der Waals surface area contributed by atoms with Gasteiger partial charge in [0, 0.05) is 12.3 Å². The zero-order valence-electron chi connectivity index (χ0n) is 10.6. The normalized spacial score (nSPS) is 38.0. The topological polar surface area (TPSA) is 49.3 Å². The molecule has 2 fully saturated rings. The molecule has 3 atom stereocenters. The number of hydrogen-bond donors (Lipinski definition) is 2. The third-order valence-electron chi connectivity index (χ3n) is 4.02. The molecule has 3 nitrogen and oxygen atoms in total. The van der Waals surface area contributed by atoms with Gasteiger partial charge in [0.15, 0.2) is 5.60 Å². The molecule has 0 radical (unpaired) electrons. The van der Waals surface area contributed by atoms with E-state index in [2.05, 4.69) is 12.2 Å². The average molecular weight is 257 g/mol. The fourth-order valence-electron chi connectivity index (χ4n) is 2.88. The van der Waals surface area contributed by atoms with Gasteiger partial charge in [-0.3, -0.25) is 4.79 Å². The molecule has 1 amide bonds. The highest BCUT2D eigenvalue weighted by atomic mass is 32.2. The van der Waals surface area contributed by atoms with Gasteiger partial charge in [-0.15, -0.1) is 0 Å². The number of rotatable bonds is 3. The van der Waals surface area contributed by atoms with E-state index in [0.29, 0.717) is 18.1 Å². The molecule has 3 unspecified atom stereocenters. The van der Waals surface area contributed by atoms with Crippen molar-refractivity contribution < 1.29 is 9.90 Å². The van der Waals surface area contributed by atoms with Crippen LogP contribution in [0, 0.1) is 11.8 Å². The fourth-order valence-corrected chi connectivity index (χ4v) is 4.12. The molecule has 0 bridgehead atoms. The number of thioether (sulfide) groups is 1. The lowest BCUT2D eigenvalue weighted by atomic mass is 9.82. The molecular weight excluding hydrogens is 234 g/mol. The van der Waals surface area contributed by atoms with Gasteiger partial charge in [-0.05, 0) is 36.9 Å². The minimum atomic E-state index is -1.09. The lowest BCUT2D eigenvalue weighted by Gasteiger charge is -2.28. The maximum atomic E-state index is 11.9. The van der Waals surface area contributed by atoms with Crippen LogP contribution in [0.3, 0.4) is 0 Å². The van der Waals surface area contributed by atoms with Crippen LogP contribution in [0.15, 0.2) is 0 Å². The largest absolute Gasteiger partial charge is 0.379 e. The average Bonchev–Trinajstić information content (AvgIpc) is 2.74. The second-order valence-corrected chi connectivity index (χ2v) is 6.79. The summed E-state index contributed by atoms with van der Waals surface area (Å²) in [4.78, 5) is 11.9. The van der Waals surface area contributed by atoms with Gasteiger partial charge < -0.3 is 10.4 Å². The first-order valence-electron chi connectivity index (χ1n) is 6.68. The summed E-state index contributed by atoms with van der Waals surface area (Å²) in [6.45, 7) is 3.03. The Morgan fingerprint density at radius 2 is 2.35 bits per heavy atom. The van der Waals surface area contributed by atoms with E-state index in [9.17, 15) is 9.90 Å². The predicted octanol–water partition coefficient (Wildman–Crippen LogP) is 1.80. The van der Waals surface area contributed by atoms with Crippen molar-refractivity contribution >= 4 is 17.7 Å². The van der Waals surface area contributed by atoms with Crippen LogP contribution >= 0.6 is 11.8 Å². The first kappa shape index (κ1) is 13.2. The number of nitrogens with one attached hydrogen (secondary N) is 1. The fraction of sp³-hybridized carbons (Fsp3) is 0.923. The molecule has 98 valence electrons. The lowest BCUT2D eigenvalue weighted by Crippen LogP contribution is -2.48. The van der Waals surface area contributed by atoms with E-state index in [1.807, 2.05) is 0 Å². The van der Waals surface area contributed by atoms with Crippen molar-refractivity contribution in [3.8, 4) is 0 Å². The Morgan fingerprint density at radius 3 is 3.00 bits per heavy atom. The summed E-state index contributed by atoms with van der Waals surface area (Å²) in [7, 11) is 0. The number of aliphatic hydroxyl groups is 1. The van der Waals surface area contributed by atoms with Gasteiger partial charge >= 0.3 is 0 Å². The van der Waals surface area contributed by atoms with E-state index in [1.54, 1.807) is 11.8 Å². The van der Waals surface area contributed by atoms with E-state index in [1.165, 1.54) is 25.7 Å². The van der Waals surface area contributed by atoms with E-state index < -0.39 is 5.60 Å². The molecular formula is C13H23NO2S. The van der Waals surface area contributed by atoms with Crippen molar-refractivity contribution in [1.82, 2.24) is 5.32 Å². The quantitative estimate of drug-likeness (QED) is 0.810. The van der Waals surface area contributed by atoms with E-state index in [0.717, 1.165) is 18.2 Å². The van der Waals surface area contributed by atoms with Crippen molar-refractivity contribution in [3.63, 3.8) is 0 Å². The highest BCUT2D eigenvalue weighted by Gasteiger charge is 2.39. The summed E-state index contributed by atoms with van der Waals surface area (Å²) < 4.78 is 0. The lowest BCUT2D eigenvalue weighted by molar-refractivity contribution is -0.137. The van der Waals surface area contributed by atoms with Crippen LogP contribution in [0.4, 0.5) is 0 Å². The Labute approximate surface area is 108 Å². The van der Waals surface area contributed by atoms with Crippen LogP contribution in [0.25, 0.3) is 0 Å². The van der Waals surface area contributed by atoms with Crippen LogP contribution in [0.5, 0.6) is 0 Å². The highest BCUT2D eigenvalue weighted by molar-refractivity contribution is 7.99. The molecule has 0 spiro atoms. The third-order valence-corrected chi connectivity index (χ3v) is 5.19. The molecule has 2 aliphatic rings. The van der Waals surface area contributed by atoms with E-state index in [-0.39, 0.29) is 5.91 Å². The molecule has 1 saturated carbocycles. The highest BCUT2D eigenvalue weighted by Crippen LogP contribution is 2.30. The molecule has 1 heterocycles. The summed E-state index contributed by atoms with van der Waals surface area (Å²) in [6.07, 6.45) is 5.64. The summed E-state index contributed by atoms with van der Waals surface area (Å²) >= 11 is 1.66. The van der Waals surface area contributed by atoms with Gasteiger partial charge in [-0.2, -0.15) is 11.8 Å². The van der Waals surface area contributed by atoms with Crippen molar-refractivity contribution in [2.24, 2.45) is 11.8 Å². The Morgan fingerprint density at radius 1 is 1.53 bits per heavy atom. The molecule has 2 N–H and O–H groups in total. The molecule has 1 aliphatic carbocycles. The molecule has 2 rings (SSSR count). The summed E-state index contributed by atoms with van der Waals surface area (Å²) in [5.74, 6) is 2.70. The van der Waals surface area contributed by atoms with Gasteiger partial charge in [-0.25, -0.2) is 0 Å². The third kappa shape index (κ3) is 3.38. The van der Waals surface area contributed by atoms with E-state index >= 15 is 0 Å². The number of amides is 1. The standard InChI is InChI=1S/C13H23NO2S/c1-10-3-2-4-11(7-10)8-14-12(15)13(16)5-6-17-9-13/h10-11,16H,2-9H2,1H3,(H,14,15). The van der Waals surface area contributed by atoms with Crippen LogP contribution in [-0.2, 0) is 4.79 Å². The molecule has 0 aromatic carbocycles. The van der Waals surface area contributed by atoms with Crippen molar-refractivity contribution in [3.05, 3.63) is 0 Å². The molecule has 0 aromatic rings. The summed E-state index contributed by atoms with van der Waals surface area (Å²) in [5.41, 5.74) is -1.09. The van der Waals surface area contributed by atoms with Gasteiger partial charge in [0.2, 0.25) is 0 Å². The zero-order valence-corrected chi connectivity index (χ0v) is 11.4. The smallest absolute Gasteiger partial charge is 0.252 e. The maximum absolute atomic E-state index is 11.9. The van der Waals surface area contributed by atoms with Crippen molar-refractivity contribution in [1.29, 1.82) is 0 Å². The predicted molar refractivity (Wildman–Crippen MR) is 71.0 cm³/mol. The monoisotopic (exact) mass is 257 g/mol. The first-order chi connectivity index (χ1) is 8.10. The molecule has 0 aromatic heterocycles. The van der Waals surface area contributed by atoms with Gasteiger partial charge in [0.25, 0.3) is 5.91 Å². The van der Waals surface area contributed by atoms with Crippen LogP contribution < -0.4 is 5.32 Å². The van der Waals surface area contributed by atoms with Gasteiger partial charge in [0.1, 0.15) is 0 Å².